The minimum Gasteiger partial charge on any atom is -0.454 e. The molecule has 0 saturated carbocycles. The fourth-order valence-electron chi connectivity index (χ4n) is 2.08. The summed E-state index contributed by atoms with van der Waals surface area (Å²) in [5.74, 6) is 2.98. The SMILES string of the molecule is COCCCNc1cc(Nc2ccc3c(c2)OCO3)ncn1. The topological polar surface area (TPSA) is 77.5 Å². The van der Waals surface area contributed by atoms with Crippen molar-refractivity contribution >= 4 is 17.3 Å². The summed E-state index contributed by atoms with van der Waals surface area (Å²) in [6.07, 6.45) is 2.44. The molecule has 0 aliphatic carbocycles. The number of fused-ring (bicyclic) bond motifs is 1. The minimum atomic E-state index is 0.266. The lowest BCUT2D eigenvalue weighted by Crippen LogP contribution is -2.06. The third-order valence-electron chi connectivity index (χ3n) is 3.14. The molecular formula is C15H18N4O3. The van der Waals surface area contributed by atoms with E-state index < -0.39 is 0 Å². The number of anilines is 3. The maximum atomic E-state index is 5.36. The van der Waals surface area contributed by atoms with Crippen LogP contribution in [0.5, 0.6) is 11.5 Å². The molecule has 0 radical (unpaired) electrons. The zero-order valence-corrected chi connectivity index (χ0v) is 12.3. The van der Waals surface area contributed by atoms with E-state index >= 15 is 0 Å². The zero-order chi connectivity index (χ0) is 15.2. The van der Waals surface area contributed by atoms with Crippen LogP contribution in [0.25, 0.3) is 0 Å². The summed E-state index contributed by atoms with van der Waals surface area (Å²) >= 11 is 0. The van der Waals surface area contributed by atoms with E-state index in [0.717, 1.165) is 42.6 Å². The van der Waals surface area contributed by atoms with Crippen molar-refractivity contribution in [2.24, 2.45) is 0 Å². The van der Waals surface area contributed by atoms with Crippen LogP contribution < -0.4 is 20.1 Å². The largest absolute Gasteiger partial charge is 0.454 e. The number of nitrogens with zero attached hydrogens (tertiary/aromatic N) is 2. The van der Waals surface area contributed by atoms with Crippen LogP contribution >= 0.6 is 0 Å². The van der Waals surface area contributed by atoms with Gasteiger partial charge in [0, 0.05) is 38.1 Å². The van der Waals surface area contributed by atoms with Crippen LogP contribution in [-0.4, -0.2) is 37.0 Å². The van der Waals surface area contributed by atoms with Gasteiger partial charge in [0.2, 0.25) is 6.79 Å². The third kappa shape index (κ3) is 3.56. The van der Waals surface area contributed by atoms with Gasteiger partial charge < -0.3 is 24.8 Å². The molecule has 1 aromatic carbocycles. The van der Waals surface area contributed by atoms with Crippen molar-refractivity contribution in [3.63, 3.8) is 0 Å². The van der Waals surface area contributed by atoms with Gasteiger partial charge in [-0.2, -0.15) is 0 Å². The second-order valence-electron chi connectivity index (χ2n) is 4.75. The highest BCUT2D eigenvalue weighted by Gasteiger charge is 2.13. The Kier molecular flexibility index (Phi) is 4.55. The lowest BCUT2D eigenvalue weighted by Gasteiger charge is -2.09. The van der Waals surface area contributed by atoms with Gasteiger partial charge in [-0.05, 0) is 18.6 Å². The Morgan fingerprint density at radius 2 is 2.00 bits per heavy atom. The fraction of sp³-hybridized carbons (Fsp3) is 0.333. The smallest absolute Gasteiger partial charge is 0.231 e. The van der Waals surface area contributed by atoms with Gasteiger partial charge in [-0.15, -0.1) is 0 Å². The average Bonchev–Trinajstić information content (AvgIpc) is 3.00. The van der Waals surface area contributed by atoms with Gasteiger partial charge in [0.05, 0.1) is 0 Å². The van der Waals surface area contributed by atoms with Crippen LogP contribution in [-0.2, 0) is 4.74 Å². The molecule has 0 amide bonds. The molecule has 0 saturated heterocycles. The Balaban J connectivity index is 1.62. The molecule has 0 fully saturated rings. The summed E-state index contributed by atoms with van der Waals surface area (Å²) in [5.41, 5.74) is 0.883. The molecule has 0 atom stereocenters. The molecule has 3 rings (SSSR count). The first-order valence-corrected chi connectivity index (χ1v) is 7.07. The van der Waals surface area contributed by atoms with E-state index in [-0.39, 0.29) is 6.79 Å². The summed E-state index contributed by atoms with van der Waals surface area (Å²) in [7, 11) is 1.69. The molecule has 2 heterocycles. The number of rotatable bonds is 7. The Morgan fingerprint density at radius 1 is 1.14 bits per heavy atom. The van der Waals surface area contributed by atoms with Crippen LogP contribution in [0.4, 0.5) is 17.3 Å². The Labute approximate surface area is 128 Å². The van der Waals surface area contributed by atoms with Crippen LogP contribution in [0.15, 0.2) is 30.6 Å². The van der Waals surface area contributed by atoms with Crippen molar-refractivity contribution in [1.29, 1.82) is 0 Å². The van der Waals surface area contributed by atoms with Gasteiger partial charge >= 0.3 is 0 Å². The van der Waals surface area contributed by atoms with E-state index in [1.807, 2.05) is 24.3 Å². The van der Waals surface area contributed by atoms with Crippen LogP contribution in [0.3, 0.4) is 0 Å². The lowest BCUT2D eigenvalue weighted by molar-refractivity contribution is 0.174. The summed E-state index contributed by atoms with van der Waals surface area (Å²) in [4.78, 5) is 8.40. The molecule has 1 aliphatic rings. The number of nitrogens with one attached hydrogen (secondary N) is 2. The average molecular weight is 302 g/mol. The van der Waals surface area contributed by atoms with Crippen molar-refractivity contribution in [3.05, 3.63) is 30.6 Å². The zero-order valence-electron chi connectivity index (χ0n) is 12.3. The molecule has 2 aromatic rings. The predicted molar refractivity (Wildman–Crippen MR) is 82.9 cm³/mol. The van der Waals surface area contributed by atoms with Crippen molar-refractivity contribution in [3.8, 4) is 11.5 Å². The van der Waals surface area contributed by atoms with E-state index in [1.165, 1.54) is 6.33 Å². The number of hydrogen-bond donors (Lipinski definition) is 2. The summed E-state index contributed by atoms with van der Waals surface area (Å²) in [6, 6.07) is 7.53. The maximum Gasteiger partial charge on any atom is 0.231 e. The Bertz CT molecular complexity index is 636. The van der Waals surface area contributed by atoms with Crippen LogP contribution in [0, 0.1) is 0 Å². The number of methoxy groups -OCH3 is 1. The Hall–Kier alpha value is -2.54. The molecule has 0 bridgehead atoms. The molecule has 2 N–H and O–H groups in total. The molecule has 0 spiro atoms. The molecule has 7 nitrogen and oxygen atoms in total. The first kappa shape index (κ1) is 14.4. The van der Waals surface area contributed by atoms with Crippen molar-refractivity contribution in [2.75, 3.05) is 37.7 Å². The van der Waals surface area contributed by atoms with Crippen LogP contribution in [0.1, 0.15) is 6.42 Å². The number of benzene rings is 1. The molecular weight excluding hydrogens is 284 g/mol. The first-order valence-electron chi connectivity index (χ1n) is 7.07. The maximum absolute atomic E-state index is 5.36. The van der Waals surface area contributed by atoms with Gasteiger partial charge in [-0.25, -0.2) is 9.97 Å². The number of ether oxygens (including phenoxy) is 3. The van der Waals surface area contributed by atoms with Gasteiger partial charge in [0.1, 0.15) is 18.0 Å². The minimum absolute atomic E-state index is 0.266. The molecule has 22 heavy (non-hydrogen) atoms. The standard InChI is InChI=1S/C15H18N4O3/c1-20-6-2-5-16-14-8-15(18-9-17-14)19-11-3-4-12-13(7-11)22-10-21-12/h3-4,7-9H,2,5-6,10H2,1H3,(H2,16,17,18,19). The van der Waals surface area contributed by atoms with Gasteiger partial charge in [0.15, 0.2) is 11.5 Å². The molecule has 0 unspecified atom stereocenters. The number of hydrogen-bond acceptors (Lipinski definition) is 7. The van der Waals surface area contributed by atoms with E-state index in [1.54, 1.807) is 7.11 Å². The van der Waals surface area contributed by atoms with Gasteiger partial charge in [0.25, 0.3) is 0 Å². The summed E-state index contributed by atoms with van der Waals surface area (Å²) in [6.45, 7) is 1.79. The molecule has 1 aliphatic heterocycles. The lowest BCUT2D eigenvalue weighted by atomic mass is 10.3. The normalized spacial score (nSPS) is 12.2. The van der Waals surface area contributed by atoms with Crippen molar-refractivity contribution in [2.45, 2.75) is 6.42 Å². The van der Waals surface area contributed by atoms with Crippen molar-refractivity contribution in [1.82, 2.24) is 9.97 Å². The van der Waals surface area contributed by atoms with Crippen molar-refractivity contribution < 1.29 is 14.2 Å². The highest BCUT2D eigenvalue weighted by molar-refractivity contribution is 5.63. The fourth-order valence-corrected chi connectivity index (χ4v) is 2.08. The number of aromatic nitrogens is 2. The first-order chi connectivity index (χ1) is 10.8. The Morgan fingerprint density at radius 3 is 2.91 bits per heavy atom. The summed E-state index contributed by atoms with van der Waals surface area (Å²) in [5, 5.41) is 6.46. The third-order valence-corrected chi connectivity index (χ3v) is 3.14. The van der Waals surface area contributed by atoms with E-state index in [0.29, 0.717) is 5.82 Å². The summed E-state index contributed by atoms with van der Waals surface area (Å²) < 4.78 is 15.7. The van der Waals surface area contributed by atoms with E-state index in [2.05, 4.69) is 20.6 Å². The quantitative estimate of drug-likeness (QED) is 0.760. The highest BCUT2D eigenvalue weighted by Crippen LogP contribution is 2.34. The monoisotopic (exact) mass is 302 g/mol. The predicted octanol–water partition coefficient (Wildman–Crippen LogP) is 2.40. The highest BCUT2D eigenvalue weighted by atomic mass is 16.7. The van der Waals surface area contributed by atoms with Gasteiger partial charge in [-0.1, -0.05) is 0 Å². The van der Waals surface area contributed by atoms with E-state index in [4.69, 9.17) is 14.2 Å². The van der Waals surface area contributed by atoms with Gasteiger partial charge in [-0.3, -0.25) is 0 Å². The van der Waals surface area contributed by atoms with Crippen LogP contribution in [0.2, 0.25) is 0 Å². The molecule has 116 valence electrons. The second-order valence-corrected chi connectivity index (χ2v) is 4.75. The molecule has 7 heteroatoms. The molecule has 1 aromatic heterocycles. The van der Waals surface area contributed by atoms with E-state index in [9.17, 15) is 0 Å². The second kappa shape index (κ2) is 6.95.